The molecule has 106 valence electrons. The molecule has 3 N–H and O–H groups in total. The SMILES string of the molecule is Cc1cc(S(=O)(=O)NC2CCOC(C)C2)ccc1N. The van der Waals surface area contributed by atoms with Gasteiger partial charge in [0.25, 0.3) is 0 Å². The number of aryl methyl sites for hydroxylation is 1. The van der Waals surface area contributed by atoms with Crippen molar-refractivity contribution in [2.45, 2.75) is 43.7 Å². The van der Waals surface area contributed by atoms with E-state index in [1.165, 1.54) is 6.07 Å². The fraction of sp³-hybridized carbons (Fsp3) is 0.538. The van der Waals surface area contributed by atoms with E-state index in [1.807, 2.05) is 6.92 Å². The third-order valence-electron chi connectivity index (χ3n) is 3.36. The number of nitrogens with two attached hydrogens (primary N) is 1. The predicted molar refractivity (Wildman–Crippen MR) is 74.3 cm³/mol. The van der Waals surface area contributed by atoms with Crippen LogP contribution in [0.5, 0.6) is 0 Å². The van der Waals surface area contributed by atoms with Crippen LogP contribution in [-0.4, -0.2) is 27.2 Å². The van der Waals surface area contributed by atoms with Gasteiger partial charge >= 0.3 is 0 Å². The van der Waals surface area contributed by atoms with Gasteiger partial charge in [0.05, 0.1) is 11.0 Å². The van der Waals surface area contributed by atoms with Crippen LogP contribution in [0, 0.1) is 6.92 Å². The Hall–Kier alpha value is -1.11. The van der Waals surface area contributed by atoms with Gasteiger partial charge in [-0.3, -0.25) is 0 Å². The lowest BCUT2D eigenvalue weighted by molar-refractivity contribution is 0.0173. The highest BCUT2D eigenvalue weighted by molar-refractivity contribution is 7.89. The van der Waals surface area contributed by atoms with Gasteiger partial charge in [0.2, 0.25) is 10.0 Å². The Labute approximate surface area is 114 Å². The third-order valence-corrected chi connectivity index (χ3v) is 4.88. The van der Waals surface area contributed by atoms with Crippen LogP contribution in [0.1, 0.15) is 25.3 Å². The lowest BCUT2D eigenvalue weighted by atomic mass is 10.1. The van der Waals surface area contributed by atoms with Crippen LogP contribution >= 0.6 is 0 Å². The molecule has 6 heteroatoms. The summed E-state index contributed by atoms with van der Waals surface area (Å²) in [4.78, 5) is 0.262. The van der Waals surface area contributed by atoms with Gasteiger partial charge < -0.3 is 10.5 Å². The van der Waals surface area contributed by atoms with Gasteiger partial charge in [0, 0.05) is 18.3 Å². The Morgan fingerprint density at radius 2 is 2.16 bits per heavy atom. The smallest absolute Gasteiger partial charge is 0.240 e. The van der Waals surface area contributed by atoms with E-state index in [4.69, 9.17) is 10.5 Å². The molecule has 0 aromatic heterocycles. The molecular formula is C13H20N2O3S. The Morgan fingerprint density at radius 1 is 1.42 bits per heavy atom. The Kier molecular flexibility index (Phi) is 4.13. The van der Waals surface area contributed by atoms with Crippen molar-refractivity contribution in [2.24, 2.45) is 0 Å². The minimum Gasteiger partial charge on any atom is -0.399 e. The van der Waals surface area contributed by atoms with Crippen LogP contribution in [0.4, 0.5) is 5.69 Å². The largest absolute Gasteiger partial charge is 0.399 e. The molecule has 1 aromatic carbocycles. The van der Waals surface area contributed by atoms with E-state index >= 15 is 0 Å². The minimum atomic E-state index is -3.48. The molecule has 0 amide bonds. The normalized spacial score (nSPS) is 24.3. The van der Waals surface area contributed by atoms with Gasteiger partial charge in [-0.25, -0.2) is 13.1 Å². The first-order chi connectivity index (χ1) is 8.88. The van der Waals surface area contributed by atoms with Crippen molar-refractivity contribution in [1.82, 2.24) is 4.72 Å². The van der Waals surface area contributed by atoms with Crippen LogP contribution in [0.15, 0.2) is 23.1 Å². The van der Waals surface area contributed by atoms with Crippen molar-refractivity contribution in [3.63, 3.8) is 0 Å². The Balaban J connectivity index is 2.15. The molecule has 1 saturated heterocycles. The van der Waals surface area contributed by atoms with Crippen molar-refractivity contribution in [3.05, 3.63) is 23.8 Å². The number of hydrogen-bond donors (Lipinski definition) is 2. The van der Waals surface area contributed by atoms with Crippen LogP contribution in [-0.2, 0) is 14.8 Å². The number of sulfonamides is 1. The Bertz CT molecular complexity index is 557. The number of benzene rings is 1. The molecule has 19 heavy (non-hydrogen) atoms. The number of ether oxygens (including phenoxy) is 1. The number of nitrogen functional groups attached to an aromatic ring is 1. The fourth-order valence-electron chi connectivity index (χ4n) is 2.21. The van der Waals surface area contributed by atoms with Crippen LogP contribution < -0.4 is 10.5 Å². The summed E-state index contributed by atoms with van der Waals surface area (Å²) in [6.07, 6.45) is 1.50. The molecule has 5 nitrogen and oxygen atoms in total. The quantitative estimate of drug-likeness (QED) is 0.823. The van der Waals surface area contributed by atoms with Crippen molar-refractivity contribution < 1.29 is 13.2 Å². The number of nitrogens with one attached hydrogen (secondary N) is 1. The van der Waals surface area contributed by atoms with Crippen LogP contribution in [0.25, 0.3) is 0 Å². The first-order valence-electron chi connectivity index (χ1n) is 6.38. The second-order valence-corrected chi connectivity index (χ2v) is 6.76. The lowest BCUT2D eigenvalue weighted by Crippen LogP contribution is -2.41. The van der Waals surface area contributed by atoms with Gasteiger partial charge in [-0.05, 0) is 50.5 Å². The van der Waals surface area contributed by atoms with Gasteiger partial charge in [0.15, 0.2) is 0 Å². The molecular weight excluding hydrogens is 264 g/mol. The molecule has 1 fully saturated rings. The number of rotatable bonds is 3. The van der Waals surface area contributed by atoms with E-state index < -0.39 is 10.0 Å². The van der Waals surface area contributed by atoms with E-state index in [9.17, 15) is 8.42 Å². The standard InChI is InChI=1S/C13H20N2O3S/c1-9-7-12(3-4-13(9)14)19(16,17)15-11-5-6-18-10(2)8-11/h3-4,7,10-11,15H,5-6,8,14H2,1-2H3. The Morgan fingerprint density at radius 3 is 2.79 bits per heavy atom. The highest BCUT2D eigenvalue weighted by Crippen LogP contribution is 2.19. The maximum atomic E-state index is 12.3. The van der Waals surface area contributed by atoms with Crippen LogP contribution in [0.2, 0.25) is 0 Å². The average molecular weight is 284 g/mol. The summed E-state index contributed by atoms with van der Waals surface area (Å²) in [7, 11) is -3.48. The minimum absolute atomic E-state index is 0.0633. The predicted octanol–water partition coefficient (Wildman–Crippen LogP) is 1.42. The van der Waals surface area contributed by atoms with Crippen molar-refractivity contribution >= 4 is 15.7 Å². The summed E-state index contributed by atoms with van der Waals surface area (Å²) in [5, 5.41) is 0. The molecule has 0 spiro atoms. The van der Waals surface area contributed by atoms with Crippen molar-refractivity contribution in [3.8, 4) is 0 Å². The molecule has 1 aromatic rings. The monoisotopic (exact) mass is 284 g/mol. The van der Waals surface area contributed by atoms with Crippen molar-refractivity contribution in [1.29, 1.82) is 0 Å². The highest BCUT2D eigenvalue weighted by Gasteiger charge is 2.25. The van der Waals surface area contributed by atoms with Gasteiger partial charge in [-0.2, -0.15) is 0 Å². The number of hydrogen-bond acceptors (Lipinski definition) is 4. The molecule has 1 aliphatic heterocycles. The molecule has 0 saturated carbocycles. The average Bonchev–Trinajstić information content (AvgIpc) is 2.32. The molecule has 0 radical (unpaired) electrons. The first-order valence-corrected chi connectivity index (χ1v) is 7.87. The summed E-state index contributed by atoms with van der Waals surface area (Å²) < 4.78 is 32.7. The zero-order valence-corrected chi connectivity index (χ0v) is 12.0. The lowest BCUT2D eigenvalue weighted by Gasteiger charge is -2.27. The maximum absolute atomic E-state index is 12.3. The van der Waals surface area contributed by atoms with Crippen LogP contribution in [0.3, 0.4) is 0 Å². The van der Waals surface area contributed by atoms with E-state index in [0.717, 1.165) is 5.56 Å². The molecule has 1 aliphatic rings. The van der Waals surface area contributed by atoms with E-state index in [-0.39, 0.29) is 17.0 Å². The second-order valence-electron chi connectivity index (χ2n) is 5.04. The van der Waals surface area contributed by atoms with Gasteiger partial charge in [-0.1, -0.05) is 0 Å². The van der Waals surface area contributed by atoms with Gasteiger partial charge in [-0.15, -0.1) is 0 Å². The van der Waals surface area contributed by atoms with Crippen molar-refractivity contribution in [2.75, 3.05) is 12.3 Å². The molecule has 2 atom stereocenters. The topological polar surface area (TPSA) is 81.4 Å². The van der Waals surface area contributed by atoms with Gasteiger partial charge in [0.1, 0.15) is 0 Å². The summed E-state index contributed by atoms with van der Waals surface area (Å²) >= 11 is 0. The zero-order chi connectivity index (χ0) is 14.0. The summed E-state index contributed by atoms with van der Waals surface area (Å²) in [6, 6.07) is 4.69. The fourth-order valence-corrected chi connectivity index (χ4v) is 3.58. The molecule has 0 aliphatic carbocycles. The first kappa shape index (κ1) is 14.3. The zero-order valence-electron chi connectivity index (χ0n) is 11.2. The van der Waals surface area contributed by atoms with E-state index in [2.05, 4.69) is 4.72 Å². The molecule has 2 unspecified atom stereocenters. The second kappa shape index (κ2) is 5.48. The summed E-state index contributed by atoms with van der Waals surface area (Å²) in [5.41, 5.74) is 7.07. The maximum Gasteiger partial charge on any atom is 0.240 e. The third kappa shape index (κ3) is 3.46. The molecule has 0 bridgehead atoms. The van der Waals surface area contributed by atoms with E-state index in [0.29, 0.717) is 25.1 Å². The number of anilines is 1. The highest BCUT2D eigenvalue weighted by atomic mass is 32.2. The summed E-state index contributed by atoms with van der Waals surface area (Å²) in [6.45, 7) is 4.34. The molecule has 2 rings (SSSR count). The van der Waals surface area contributed by atoms with E-state index in [1.54, 1.807) is 19.1 Å². The molecule has 1 heterocycles. The summed E-state index contributed by atoms with van der Waals surface area (Å²) in [5.74, 6) is 0.